The van der Waals surface area contributed by atoms with E-state index in [0.29, 0.717) is 13.1 Å². The van der Waals surface area contributed by atoms with Gasteiger partial charge in [0, 0.05) is 35.6 Å². The second-order valence-corrected chi connectivity index (χ2v) is 8.85. The molecule has 2 aliphatic rings. The molecule has 4 N–H and O–H groups in total. The topological polar surface area (TPSA) is 63.0 Å². The quantitative estimate of drug-likeness (QED) is 0.426. The predicted octanol–water partition coefficient (Wildman–Crippen LogP) is -0.255. The maximum atomic E-state index is 12.4. The number of hydrogen-bond acceptors (Lipinski definition) is 2. The van der Waals surface area contributed by atoms with Crippen molar-refractivity contribution >= 4 is 16.8 Å². The monoisotopic (exact) mass is 420 g/mol. The highest BCUT2D eigenvalue weighted by Gasteiger charge is 2.25. The SMILES string of the molecule is O=C(C[NH+]1CC[NH+](Cc2ccc3c(c2)CCO3)CC1)NCCc1c[nH]c2ccccc12. The van der Waals surface area contributed by atoms with Crippen LogP contribution in [0.15, 0.2) is 48.7 Å². The molecule has 1 saturated heterocycles. The Morgan fingerprint density at radius 1 is 1.06 bits per heavy atom. The van der Waals surface area contributed by atoms with Gasteiger partial charge in [0.05, 0.1) is 6.61 Å². The first-order valence-corrected chi connectivity index (χ1v) is 11.5. The third kappa shape index (κ3) is 4.75. The van der Waals surface area contributed by atoms with Crippen LogP contribution in [-0.2, 0) is 24.2 Å². The van der Waals surface area contributed by atoms with E-state index in [0.717, 1.165) is 63.4 Å². The smallest absolute Gasteiger partial charge is 0.275 e. The zero-order valence-corrected chi connectivity index (χ0v) is 18.0. The lowest BCUT2D eigenvalue weighted by Crippen LogP contribution is -3.28. The molecule has 1 amide bonds. The van der Waals surface area contributed by atoms with E-state index in [2.05, 4.69) is 52.9 Å². The first-order chi connectivity index (χ1) is 15.2. The molecule has 6 nitrogen and oxygen atoms in total. The average Bonchev–Trinajstić information content (AvgIpc) is 3.42. The highest BCUT2D eigenvalue weighted by atomic mass is 16.5. The maximum Gasteiger partial charge on any atom is 0.275 e. The fourth-order valence-corrected chi connectivity index (χ4v) is 4.91. The fraction of sp³-hybridized carbons (Fsp3) is 0.400. The Kier molecular flexibility index (Phi) is 5.91. The molecule has 0 spiro atoms. The molecule has 3 aromatic rings. The van der Waals surface area contributed by atoms with Crippen LogP contribution in [-0.4, -0.2) is 56.8 Å². The summed E-state index contributed by atoms with van der Waals surface area (Å²) in [6, 6.07) is 15.0. The molecular weight excluding hydrogens is 388 g/mol. The Balaban J connectivity index is 1.03. The molecule has 162 valence electrons. The second kappa shape index (κ2) is 9.12. The number of ether oxygens (including phenoxy) is 1. The van der Waals surface area contributed by atoms with Crippen molar-refractivity contribution in [1.29, 1.82) is 0 Å². The van der Waals surface area contributed by atoms with Crippen LogP contribution < -0.4 is 19.9 Å². The summed E-state index contributed by atoms with van der Waals surface area (Å²) in [6.45, 7) is 7.50. The van der Waals surface area contributed by atoms with E-state index in [1.807, 2.05) is 6.07 Å². The zero-order valence-electron chi connectivity index (χ0n) is 18.0. The largest absolute Gasteiger partial charge is 0.493 e. The summed E-state index contributed by atoms with van der Waals surface area (Å²) in [5, 5.41) is 4.36. The van der Waals surface area contributed by atoms with Gasteiger partial charge in [0.25, 0.3) is 5.91 Å². The number of fused-ring (bicyclic) bond motifs is 2. The number of piperazine rings is 1. The van der Waals surface area contributed by atoms with Crippen molar-refractivity contribution in [3.05, 3.63) is 65.4 Å². The normalized spacial score (nSPS) is 20.4. The van der Waals surface area contributed by atoms with E-state index >= 15 is 0 Å². The Hall–Kier alpha value is -2.83. The maximum absolute atomic E-state index is 12.4. The molecule has 0 saturated carbocycles. The van der Waals surface area contributed by atoms with Crippen LogP contribution in [0.25, 0.3) is 10.9 Å². The third-order valence-electron chi connectivity index (χ3n) is 6.67. The number of hydrogen-bond donors (Lipinski definition) is 4. The zero-order chi connectivity index (χ0) is 21.0. The highest BCUT2D eigenvalue weighted by Crippen LogP contribution is 2.25. The molecule has 5 rings (SSSR count). The Morgan fingerprint density at radius 2 is 1.90 bits per heavy atom. The number of H-pyrrole nitrogens is 1. The van der Waals surface area contributed by atoms with E-state index in [1.54, 1.807) is 4.90 Å². The molecule has 2 aliphatic heterocycles. The lowest BCUT2D eigenvalue weighted by molar-refractivity contribution is -1.02. The summed E-state index contributed by atoms with van der Waals surface area (Å²) in [5.41, 5.74) is 5.17. The van der Waals surface area contributed by atoms with E-state index < -0.39 is 0 Å². The molecule has 1 aromatic heterocycles. The first-order valence-electron chi connectivity index (χ1n) is 11.5. The number of rotatable bonds is 7. The van der Waals surface area contributed by atoms with Crippen molar-refractivity contribution in [1.82, 2.24) is 10.3 Å². The van der Waals surface area contributed by atoms with Crippen molar-refractivity contribution in [2.75, 3.05) is 45.9 Å². The van der Waals surface area contributed by atoms with Gasteiger partial charge in [0.2, 0.25) is 0 Å². The number of carbonyl (C=O) groups is 1. The molecule has 1 fully saturated rings. The lowest BCUT2D eigenvalue weighted by atomic mass is 10.1. The van der Waals surface area contributed by atoms with Crippen molar-refractivity contribution in [2.24, 2.45) is 0 Å². The van der Waals surface area contributed by atoms with Crippen LogP contribution >= 0.6 is 0 Å². The summed E-state index contributed by atoms with van der Waals surface area (Å²) in [4.78, 5) is 18.7. The van der Waals surface area contributed by atoms with Crippen molar-refractivity contribution < 1.29 is 19.3 Å². The summed E-state index contributed by atoms with van der Waals surface area (Å²) < 4.78 is 5.61. The highest BCUT2D eigenvalue weighted by molar-refractivity contribution is 5.83. The van der Waals surface area contributed by atoms with Crippen LogP contribution in [0.3, 0.4) is 0 Å². The number of aromatic amines is 1. The van der Waals surface area contributed by atoms with E-state index in [1.165, 1.54) is 27.0 Å². The van der Waals surface area contributed by atoms with Crippen LogP contribution in [0.5, 0.6) is 5.75 Å². The summed E-state index contributed by atoms with van der Waals surface area (Å²) in [7, 11) is 0. The molecule has 0 bridgehead atoms. The minimum absolute atomic E-state index is 0.164. The minimum Gasteiger partial charge on any atom is -0.493 e. The number of amides is 1. The minimum atomic E-state index is 0.164. The predicted molar refractivity (Wildman–Crippen MR) is 121 cm³/mol. The first kappa shape index (κ1) is 20.1. The second-order valence-electron chi connectivity index (χ2n) is 8.85. The van der Waals surface area contributed by atoms with E-state index in [4.69, 9.17) is 4.74 Å². The summed E-state index contributed by atoms with van der Waals surface area (Å²) in [5.74, 6) is 1.22. The summed E-state index contributed by atoms with van der Waals surface area (Å²) >= 11 is 0. The van der Waals surface area contributed by atoms with Crippen LogP contribution in [0.4, 0.5) is 0 Å². The molecule has 6 heteroatoms. The molecule has 0 radical (unpaired) electrons. The van der Waals surface area contributed by atoms with Gasteiger partial charge in [-0.3, -0.25) is 4.79 Å². The van der Waals surface area contributed by atoms with Gasteiger partial charge >= 0.3 is 0 Å². The van der Waals surface area contributed by atoms with E-state index in [-0.39, 0.29) is 5.91 Å². The van der Waals surface area contributed by atoms with E-state index in [9.17, 15) is 4.79 Å². The Labute approximate surface area is 183 Å². The average molecular weight is 421 g/mol. The van der Waals surface area contributed by atoms with Gasteiger partial charge in [-0.05, 0) is 41.8 Å². The van der Waals surface area contributed by atoms with Gasteiger partial charge in [-0.15, -0.1) is 0 Å². The van der Waals surface area contributed by atoms with Crippen LogP contribution in [0.2, 0.25) is 0 Å². The standard InChI is InChI=1S/C25H30N4O2/c30-25(26-9-7-21-16-27-23-4-2-1-3-22(21)23)18-29-12-10-28(11-13-29)17-19-5-6-24-20(15-19)8-14-31-24/h1-6,15-16,27H,7-14,17-18H2,(H,26,30)/p+2. The summed E-state index contributed by atoms with van der Waals surface area (Å²) in [6.07, 6.45) is 3.94. The Bertz CT molecular complexity index is 1050. The van der Waals surface area contributed by atoms with Crippen molar-refractivity contribution in [3.8, 4) is 5.75 Å². The molecular formula is C25H32N4O2+2. The molecule has 0 aliphatic carbocycles. The van der Waals surface area contributed by atoms with Gasteiger partial charge in [0.15, 0.2) is 6.54 Å². The Morgan fingerprint density at radius 3 is 2.81 bits per heavy atom. The van der Waals surface area contributed by atoms with Gasteiger partial charge < -0.3 is 24.8 Å². The van der Waals surface area contributed by atoms with Crippen LogP contribution in [0, 0.1) is 0 Å². The lowest BCUT2D eigenvalue weighted by Gasteiger charge is -2.29. The fourth-order valence-electron chi connectivity index (χ4n) is 4.91. The number of para-hydroxylation sites is 1. The molecule has 2 aromatic carbocycles. The number of quaternary nitrogens is 2. The number of nitrogens with one attached hydrogen (secondary N) is 4. The van der Waals surface area contributed by atoms with Crippen molar-refractivity contribution in [3.63, 3.8) is 0 Å². The van der Waals surface area contributed by atoms with Crippen molar-refractivity contribution in [2.45, 2.75) is 19.4 Å². The number of benzene rings is 2. The van der Waals surface area contributed by atoms with Crippen LogP contribution in [0.1, 0.15) is 16.7 Å². The van der Waals surface area contributed by atoms with Gasteiger partial charge in [-0.1, -0.05) is 18.2 Å². The molecule has 31 heavy (non-hydrogen) atoms. The molecule has 0 atom stereocenters. The third-order valence-corrected chi connectivity index (χ3v) is 6.67. The molecule has 0 unspecified atom stereocenters. The van der Waals surface area contributed by atoms with Gasteiger partial charge in [-0.25, -0.2) is 0 Å². The number of aromatic nitrogens is 1. The van der Waals surface area contributed by atoms with Gasteiger partial charge in [0.1, 0.15) is 38.5 Å². The molecule has 3 heterocycles. The number of carbonyl (C=O) groups excluding carboxylic acids is 1. The van der Waals surface area contributed by atoms with Gasteiger partial charge in [-0.2, -0.15) is 0 Å².